The number of unbranched alkanes of at least 4 members (excludes halogenated alkanes) is 1. The number of amides is 2. The van der Waals surface area contributed by atoms with E-state index < -0.39 is 35.9 Å². The Morgan fingerprint density at radius 3 is 2.19 bits per heavy atom. The fraction of sp³-hybridized carbons (Fsp3) is 0.524. The van der Waals surface area contributed by atoms with Crippen LogP contribution in [0.5, 0.6) is 0 Å². The van der Waals surface area contributed by atoms with Gasteiger partial charge >= 0.3 is 5.97 Å². The zero-order valence-corrected chi connectivity index (χ0v) is 18.2. The van der Waals surface area contributed by atoms with Gasteiger partial charge in [0.15, 0.2) is 5.96 Å². The van der Waals surface area contributed by atoms with E-state index in [1.165, 1.54) is 0 Å². The number of hydrogen-bond acceptors (Lipinski definition) is 6. The van der Waals surface area contributed by atoms with Crippen LogP contribution in [0.3, 0.4) is 0 Å². The first kappa shape index (κ1) is 26.9. The molecule has 2 amide bonds. The predicted octanol–water partition coefficient (Wildman–Crippen LogP) is -0.997. The van der Waals surface area contributed by atoms with E-state index in [0.717, 1.165) is 5.56 Å². The highest BCUT2D eigenvalue weighted by atomic mass is 16.4. The van der Waals surface area contributed by atoms with Crippen molar-refractivity contribution in [1.29, 1.82) is 5.41 Å². The molecule has 178 valence electrons. The molecular formula is C21H35N7O4. The molecule has 11 nitrogen and oxygen atoms in total. The van der Waals surface area contributed by atoms with Crippen LogP contribution in [0.25, 0.3) is 0 Å². The van der Waals surface area contributed by atoms with Gasteiger partial charge in [-0.2, -0.15) is 0 Å². The number of guanidine groups is 1. The molecular weight excluding hydrogens is 414 g/mol. The molecule has 0 bridgehead atoms. The van der Waals surface area contributed by atoms with Crippen LogP contribution in [0.4, 0.5) is 0 Å². The number of carboxylic acids is 1. The Labute approximate surface area is 188 Å². The SMILES string of the molecule is N=C(N)NCCC[C@H](NC(=O)[C@H](CCCCN)NC(=O)[C@H](N)Cc1ccccc1)C(=O)O. The standard InChI is InChI=1S/C21H35N7O4/c22-11-5-4-9-16(27-18(29)15(23)13-14-7-2-1-3-8-14)19(30)28-17(20(31)32)10-6-12-26-21(24)25/h1-3,7-8,15-17H,4-6,9-13,22-23H2,(H,27,29)(H,28,30)(H,31,32)(H4,24,25,26)/t15-,16+,17+/m1/s1. The number of nitrogens with one attached hydrogen (secondary N) is 4. The Hall–Kier alpha value is -3.18. The maximum Gasteiger partial charge on any atom is 0.326 e. The molecule has 0 unspecified atom stereocenters. The third kappa shape index (κ3) is 10.7. The maximum absolute atomic E-state index is 12.8. The molecule has 0 saturated heterocycles. The number of nitrogens with two attached hydrogens (primary N) is 3. The topological polar surface area (TPSA) is 209 Å². The van der Waals surface area contributed by atoms with Crippen molar-refractivity contribution in [2.75, 3.05) is 13.1 Å². The van der Waals surface area contributed by atoms with Gasteiger partial charge in [0, 0.05) is 6.54 Å². The summed E-state index contributed by atoms with van der Waals surface area (Å²) >= 11 is 0. The maximum atomic E-state index is 12.8. The summed E-state index contributed by atoms with van der Waals surface area (Å²) in [5, 5.41) is 24.3. The molecule has 1 rings (SSSR count). The van der Waals surface area contributed by atoms with Gasteiger partial charge in [-0.15, -0.1) is 0 Å². The van der Waals surface area contributed by atoms with E-state index >= 15 is 0 Å². The summed E-state index contributed by atoms with van der Waals surface area (Å²) < 4.78 is 0. The number of carbonyl (C=O) groups excluding carboxylic acids is 2. The third-order valence-electron chi connectivity index (χ3n) is 4.81. The van der Waals surface area contributed by atoms with Gasteiger partial charge in [0.05, 0.1) is 6.04 Å². The van der Waals surface area contributed by atoms with E-state index in [-0.39, 0.29) is 12.4 Å². The Morgan fingerprint density at radius 1 is 0.969 bits per heavy atom. The fourth-order valence-electron chi connectivity index (χ4n) is 3.06. The van der Waals surface area contributed by atoms with Crippen molar-refractivity contribution < 1.29 is 19.5 Å². The fourth-order valence-corrected chi connectivity index (χ4v) is 3.06. The lowest BCUT2D eigenvalue weighted by Crippen LogP contribution is -2.54. The van der Waals surface area contributed by atoms with Gasteiger partial charge in [-0.25, -0.2) is 4.79 Å². The van der Waals surface area contributed by atoms with Gasteiger partial charge < -0.3 is 38.3 Å². The van der Waals surface area contributed by atoms with Crippen LogP contribution in [0.2, 0.25) is 0 Å². The number of carboxylic acid groups (broad SMARTS) is 1. The molecule has 0 fully saturated rings. The normalized spacial score (nSPS) is 13.4. The Morgan fingerprint density at radius 2 is 1.59 bits per heavy atom. The van der Waals surface area contributed by atoms with Crippen molar-refractivity contribution >= 4 is 23.7 Å². The lowest BCUT2D eigenvalue weighted by molar-refractivity contribution is -0.142. The third-order valence-corrected chi connectivity index (χ3v) is 4.81. The van der Waals surface area contributed by atoms with E-state index in [9.17, 15) is 19.5 Å². The summed E-state index contributed by atoms with van der Waals surface area (Å²) in [7, 11) is 0. The van der Waals surface area contributed by atoms with E-state index in [1.54, 1.807) is 0 Å². The molecule has 32 heavy (non-hydrogen) atoms. The average Bonchev–Trinajstić information content (AvgIpc) is 2.75. The second-order valence-corrected chi connectivity index (χ2v) is 7.52. The molecule has 3 atom stereocenters. The van der Waals surface area contributed by atoms with Crippen LogP contribution in [0.1, 0.15) is 37.7 Å². The summed E-state index contributed by atoms with van der Waals surface area (Å²) in [6, 6.07) is 6.36. The van der Waals surface area contributed by atoms with Gasteiger partial charge in [-0.1, -0.05) is 30.3 Å². The minimum atomic E-state index is -1.19. The second kappa shape index (κ2) is 14.8. The quantitative estimate of drug-likeness (QED) is 0.0943. The molecule has 0 aromatic heterocycles. The summed E-state index contributed by atoms with van der Waals surface area (Å²) in [5.41, 5.74) is 17.6. The number of hydrogen-bond donors (Lipinski definition) is 8. The first-order valence-electron chi connectivity index (χ1n) is 10.7. The van der Waals surface area contributed by atoms with E-state index in [2.05, 4.69) is 16.0 Å². The van der Waals surface area contributed by atoms with Crippen LogP contribution in [-0.2, 0) is 20.8 Å². The van der Waals surface area contributed by atoms with Gasteiger partial charge in [-0.3, -0.25) is 15.0 Å². The molecule has 0 radical (unpaired) electrons. The van der Waals surface area contributed by atoms with Crippen molar-refractivity contribution in [2.45, 2.75) is 56.7 Å². The molecule has 0 spiro atoms. The van der Waals surface area contributed by atoms with Crippen molar-refractivity contribution in [2.24, 2.45) is 17.2 Å². The van der Waals surface area contributed by atoms with Crippen LogP contribution in [-0.4, -0.2) is 60.1 Å². The number of rotatable bonds is 15. The van der Waals surface area contributed by atoms with E-state index in [4.69, 9.17) is 22.6 Å². The van der Waals surface area contributed by atoms with Crippen LogP contribution < -0.4 is 33.2 Å². The number of aliphatic carboxylic acids is 1. The molecule has 0 heterocycles. The highest BCUT2D eigenvalue weighted by Gasteiger charge is 2.27. The van der Waals surface area contributed by atoms with Gasteiger partial charge in [0.2, 0.25) is 11.8 Å². The lowest BCUT2D eigenvalue weighted by Gasteiger charge is -2.23. The highest BCUT2D eigenvalue weighted by molar-refractivity contribution is 5.91. The van der Waals surface area contributed by atoms with Crippen molar-refractivity contribution in [3.8, 4) is 0 Å². The van der Waals surface area contributed by atoms with E-state index in [1.807, 2.05) is 30.3 Å². The summed E-state index contributed by atoms with van der Waals surface area (Å²) in [5.74, 6) is -2.47. The largest absolute Gasteiger partial charge is 0.480 e. The molecule has 0 saturated carbocycles. The van der Waals surface area contributed by atoms with Crippen molar-refractivity contribution in [3.05, 3.63) is 35.9 Å². The minimum Gasteiger partial charge on any atom is -0.480 e. The Balaban J connectivity index is 2.72. The smallest absolute Gasteiger partial charge is 0.326 e. The monoisotopic (exact) mass is 449 g/mol. The van der Waals surface area contributed by atoms with E-state index in [0.29, 0.717) is 45.2 Å². The average molecular weight is 450 g/mol. The first-order valence-corrected chi connectivity index (χ1v) is 10.7. The number of carbonyl (C=O) groups is 3. The molecule has 1 aromatic rings. The molecule has 0 aliphatic carbocycles. The molecule has 0 aliphatic heterocycles. The molecule has 11 heteroatoms. The zero-order valence-electron chi connectivity index (χ0n) is 18.2. The summed E-state index contributed by atoms with van der Waals surface area (Å²) in [6.07, 6.45) is 2.38. The van der Waals surface area contributed by atoms with Crippen molar-refractivity contribution in [1.82, 2.24) is 16.0 Å². The Kier molecular flexibility index (Phi) is 12.4. The first-order chi connectivity index (χ1) is 15.2. The minimum absolute atomic E-state index is 0.137. The molecule has 1 aromatic carbocycles. The summed E-state index contributed by atoms with van der Waals surface area (Å²) in [6.45, 7) is 0.747. The Bertz CT molecular complexity index is 745. The van der Waals surface area contributed by atoms with Gasteiger partial charge in [-0.05, 0) is 50.6 Å². The summed E-state index contributed by atoms with van der Waals surface area (Å²) in [4.78, 5) is 36.9. The highest BCUT2D eigenvalue weighted by Crippen LogP contribution is 2.06. The lowest BCUT2D eigenvalue weighted by atomic mass is 10.0. The van der Waals surface area contributed by atoms with Gasteiger partial charge in [0.1, 0.15) is 12.1 Å². The van der Waals surface area contributed by atoms with Crippen molar-refractivity contribution in [3.63, 3.8) is 0 Å². The van der Waals surface area contributed by atoms with Crippen LogP contribution in [0.15, 0.2) is 30.3 Å². The predicted molar refractivity (Wildman–Crippen MR) is 122 cm³/mol. The van der Waals surface area contributed by atoms with Crippen LogP contribution in [0, 0.1) is 5.41 Å². The second-order valence-electron chi connectivity index (χ2n) is 7.52. The van der Waals surface area contributed by atoms with Crippen LogP contribution >= 0.6 is 0 Å². The van der Waals surface area contributed by atoms with Gasteiger partial charge in [0.25, 0.3) is 0 Å². The molecule has 0 aliphatic rings. The molecule has 11 N–H and O–H groups in total. The number of benzene rings is 1. The zero-order chi connectivity index (χ0) is 23.9.